The second-order valence-corrected chi connectivity index (χ2v) is 18.4. The molecule has 7 heterocycles. The molecule has 6 aliphatic heterocycles. The molecule has 3 aromatic carbocycles. The number of aromatic nitrogens is 2. The molecule has 59 heavy (non-hydrogen) atoms. The Morgan fingerprint density at radius 3 is 2.46 bits per heavy atom. The summed E-state index contributed by atoms with van der Waals surface area (Å²) in [6.45, 7) is 4.19. The van der Waals surface area contributed by atoms with Crippen molar-refractivity contribution in [2.75, 3.05) is 39.3 Å². The Bertz CT molecular complexity index is 2550. The third kappa shape index (κ3) is 5.65. The second-order valence-electron chi connectivity index (χ2n) is 18.0. The number of nitrogens with zero attached hydrogens (tertiary/aromatic N) is 5. The average molecular weight is 815 g/mol. The SMILES string of the molecule is O=C1CC[C@H](N2Cc3c(ccc4c3OCC43CCN(C(=O)CN4CCC(c5ccc6c(c5)-n5c(nc(=O)c7c(Cl)cccc75)C65CCCCC5)CC4)CC3)C2=O)C(=O)N1. The van der Waals surface area contributed by atoms with Gasteiger partial charge in [-0.15, -0.1) is 0 Å². The summed E-state index contributed by atoms with van der Waals surface area (Å²) in [5.41, 5.74) is 6.27. The summed E-state index contributed by atoms with van der Waals surface area (Å²) in [6, 6.07) is 15.8. The van der Waals surface area contributed by atoms with Crippen molar-refractivity contribution >= 4 is 46.1 Å². The molecule has 4 fully saturated rings. The highest BCUT2D eigenvalue weighted by molar-refractivity contribution is 6.35. The van der Waals surface area contributed by atoms with E-state index in [9.17, 15) is 24.0 Å². The van der Waals surface area contributed by atoms with E-state index in [1.165, 1.54) is 17.5 Å². The average Bonchev–Trinajstić information content (AvgIpc) is 3.86. The van der Waals surface area contributed by atoms with Gasteiger partial charge < -0.3 is 14.5 Å². The van der Waals surface area contributed by atoms with Crippen LogP contribution in [-0.2, 0) is 31.8 Å². The Morgan fingerprint density at radius 2 is 1.68 bits per heavy atom. The third-order valence-electron chi connectivity index (χ3n) is 15.0. The zero-order valence-electron chi connectivity index (χ0n) is 33.1. The maximum Gasteiger partial charge on any atom is 0.282 e. The Labute approximate surface area is 346 Å². The van der Waals surface area contributed by atoms with Gasteiger partial charge in [-0.3, -0.25) is 38.8 Å². The number of benzene rings is 3. The van der Waals surface area contributed by atoms with Gasteiger partial charge in [0.05, 0.1) is 46.7 Å². The molecule has 1 atom stereocenters. The first kappa shape index (κ1) is 37.0. The van der Waals surface area contributed by atoms with Crippen molar-refractivity contribution in [3.63, 3.8) is 0 Å². The van der Waals surface area contributed by atoms with E-state index in [4.69, 9.17) is 21.3 Å². The third-order valence-corrected chi connectivity index (χ3v) is 15.3. The first-order valence-electron chi connectivity index (χ1n) is 21.4. The number of rotatable bonds is 4. The van der Waals surface area contributed by atoms with E-state index in [2.05, 4.69) is 33.0 Å². The summed E-state index contributed by atoms with van der Waals surface area (Å²) in [7, 11) is 0. The summed E-state index contributed by atoms with van der Waals surface area (Å²) in [6.07, 6.45) is 9.42. The van der Waals surface area contributed by atoms with Gasteiger partial charge in [0.15, 0.2) is 0 Å². The largest absolute Gasteiger partial charge is 0.492 e. The van der Waals surface area contributed by atoms with Gasteiger partial charge in [0, 0.05) is 41.6 Å². The molecule has 4 aromatic rings. The Balaban J connectivity index is 0.747. The van der Waals surface area contributed by atoms with Gasteiger partial charge in [0.2, 0.25) is 17.7 Å². The molecule has 1 saturated carbocycles. The van der Waals surface area contributed by atoms with Crippen molar-refractivity contribution < 1.29 is 23.9 Å². The molecule has 0 unspecified atom stereocenters. The summed E-state index contributed by atoms with van der Waals surface area (Å²) in [4.78, 5) is 75.5. The van der Waals surface area contributed by atoms with Crippen molar-refractivity contribution in [2.24, 2.45) is 0 Å². The van der Waals surface area contributed by atoms with Crippen LogP contribution in [0.4, 0.5) is 0 Å². The highest BCUT2D eigenvalue weighted by atomic mass is 35.5. The number of carbonyl (C=O) groups excluding carboxylic acids is 4. The van der Waals surface area contributed by atoms with Gasteiger partial charge in [-0.2, -0.15) is 4.98 Å². The van der Waals surface area contributed by atoms with Crippen LogP contribution in [0.1, 0.15) is 115 Å². The minimum atomic E-state index is -0.668. The quantitative estimate of drug-likeness (QED) is 0.268. The van der Waals surface area contributed by atoms with Crippen LogP contribution in [0, 0.1) is 0 Å². The molecule has 1 aromatic heterocycles. The fourth-order valence-electron chi connectivity index (χ4n) is 11.8. The van der Waals surface area contributed by atoms with Gasteiger partial charge in [-0.05, 0) is 99.3 Å². The molecule has 4 amide bonds. The van der Waals surface area contributed by atoms with Crippen LogP contribution in [-0.4, -0.2) is 93.3 Å². The maximum atomic E-state index is 13.8. The molecule has 1 aliphatic carbocycles. The zero-order chi connectivity index (χ0) is 40.2. The van der Waals surface area contributed by atoms with Crippen LogP contribution < -0.4 is 15.6 Å². The fourth-order valence-corrected chi connectivity index (χ4v) is 12.0. The molecule has 2 spiro atoms. The molecular formula is C46H47ClN6O6. The predicted octanol–water partition coefficient (Wildman–Crippen LogP) is 5.50. The first-order chi connectivity index (χ1) is 28.6. The molecule has 11 rings (SSSR count). The lowest BCUT2D eigenvalue weighted by Gasteiger charge is -2.40. The number of carbonyl (C=O) groups is 4. The number of imide groups is 1. The molecule has 12 nitrogen and oxygen atoms in total. The van der Waals surface area contributed by atoms with Crippen LogP contribution in [0.25, 0.3) is 16.6 Å². The lowest BCUT2D eigenvalue weighted by Crippen LogP contribution is -2.52. The Kier molecular flexibility index (Phi) is 8.61. The lowest BCUT2D eigenvalue weighted by molar-refractivity contribution is -0.137. The minimum Gasteiger partial charge on any atom is -0.492 e. The highest BCUT2D eigenvalue weighted by Gasteiger charge is 2.49. The fraction of sp³-hybridized carbons (Fsp3) is 0.478. The molecular weight excluding hydrogens is 768 g/mol. The minimum absolute atomic E-state index is 0.163. The number of halogens is 1. The van der Waals surface area contributed by atoms with Gasteiger partial charge in [0.25, 0.3) is 11.5 Å². The maximum absolute atomic E-state index is 13.8. The van der Waals surface area contributed by atoms with E-state index in [1.54, 1.807) is 11.0 Å². The number of likely N-dealkylation sites (tertiary alicyclic amines) is 2. The van der Waals surface area contributed by atoms with E-state index in [1.807, 2.05) is 29.2 Å². The molecule has 1 N–H and O–H groups in total. The van der Waals surface area contributed by atoms with E-state index in [0.717, 1.165) is 98.4 Å². The monoisotopic (exact) mass is 814 g/mol. The molecule has 3 saturated heterocycles. The number of fused-ring (bicyclic) bond motifs is 11. The second kappa shape index (κ2) is 13.7. The normalized spacial score (nSPS) is 23.3. The number of hydrogen-bond acceptors (Lipinski definition) is 8. The Morgan fingerprint density at radius 1 is 0.898 bits per heavy atom. The van der Waals surface area contributed by atoms with E-state index < -0.39 is 11.9 Å². The lowest BCUT2D eigenvalue weighted by atomic mass is 9.69. The molecule has 13 heteroatoms. The summed E-state index contributed by atoms with van der Waals surface area (Å²) in [5.74, 6) is 1.22. The summed E-state index contributed by atoms with van der Waals surface area (Å²) in [5, 5.41) is 3.29. The van der Waals surface area contributed by atoms with Crippen LogP contribution in [0.2, 0.25) is 5.02 Å². The van der Waals surface area contributed by atoms with Gasteiger partial charge >= 0.3 is 0 Å². The van der Waals surface area contributed by atoms with Gasteiger partial charge in [-0.25, -0.2) is 0 Å². The van der Waals surface area contributed by atoms with E-state index in [0.29, 0.717) is 54.6 Å². The topological polar surface area (TPSA) is 134 Å². The zero-order valence-corrected chi connectivity index (χ0v) is 33.8. The standard InChI is InChI=1S/C46H47ClN6O6/c47-33-5-4-6-34-39(33)42(57)49-44-46(15-2-1-3-16-46)31-9-7-28(23-36(31)53(34)44)27-13-19-50(20-14-27)25-38(55)51-21-17-45(18-22-51)26-59-40-30-24-52(35-11-12-37(54)48-41(35)56)43(58)29(30)8-10-32(40)45/h4-10,23,27,35H,1-3,11-22,24-26H2,(H,48,54,56)/t35-/m0/s1. The molecule has 0 bridgehead atoms. The van der Waals surface area contributed by atoms with Crippen molar-refractivity contribution in [1.29, 1.82) is 0 Å². The number of nitrogens with one attached hydrogen (secondary N) is 1. The first-order valence-corrected chi connectivity index (χ1v) is 21.8. The van der Waals surface area contributed by atoms with Crippen molar-refractivity contribution in [1.82, 2.24) is 29.6 Å². The van der Waals surface area contributed by atoms with E-state index >= 15 is 0 Å². The van der Waals surface area contributed by atoms with Crippen LogP contribution in [0.15, 0.2) is 53.3 Å². The Hall–Kier alpha value is -5.07. The van der Waals surface area contributed by atoms with Crippen LogP contribution >= 0.6 is 11.6 Å². The molecule has 7 aliphatic rings. The number of amides is 4. The van der Waals surface area contributed by atoms with Crippen molar-refractivity contribution in [3.8, 4) is 11.4 Å². The summed E-state index contributed by atoms with van der Waals surface area (Å²) < 4.78 is 8.59. The molecule has 0 radical (unpaired) electrons. The van der Waals surface area contributed by atoms with Crippen molar-refractivity contribution in [2.45, 2.75) is 100.0 Å². The number of piperidine rings is 3. The molecule has 304 valence electrons. The van der Waals surface area contributed by atoms with Crippen LogP contribution in [0.5, 0.6) is 5.75 Å². The van der Waals surface area contributed by atoms with Crippen LogP contribution in [0.3, 0.4) is 0 Å². The highest BCUT2D eigenvalue weighted by Crippen LogP contribution is 2.53. The van der Waals surface area contributed by atoms with Gasteiger partial charge in [-0.1, -0.05) is 55.1 Å². The van der Waals surface area contributed by atoms with E-state index in [-0.39, 0.29) is 47.1 Å². The smallest absolute Gasteiger partial charge is 0.282 e. The number of hydrogen-bond donors (Lipinski definition) is 1. The van der Waals surface area contributed by atoms with Gasteiger partial charge in [0.1, 0.15) is 17.6 Å². The number of ether oxygens (including phenoxy) is 1. The predicted molar refractivity (Wildman–Crippen MR) is 220 cm³/mol. The summed E-state index contributed by atoms with van der Waals surface area (Å²) >= 11 is 6.60. The van der Waals surface area contributed by atoms with Crippen molar-refractivity contribution in [3.05, 3.63) is 97.5 Å².